The Bertz CT molecular complexity index is 889. The number of carbonyl (C=O) groups excluding carboxylic acids is 1. The first kappa shape index (κ1) is 14.3. The van der Waals surface area contributed by atoms with Gasteiger partial charge in [-0.25, -0.2) is 4.98 Å². The Labute approximate surface area is 129 Å². The number of benzene rings is 2. The van der Waals surface area contributed by atoms with Crippen molar-refractivity contribution in [1.82, 2.24) is 9.97 Å². The third-order valence-electron chi connectivity index (χ3n) is 3.15. The third-order valence-corrected chi connectivity index (χ3v) is 4.13. The molecule has 110 valence electrons. The van der Waals surface area contributed by atoms with E-state index in [0.717, 1.165) is 16.6 Å². The van der Waals surface area contributed by atoms with E-state index in [2.05, 4.69) is 9.97 Å². The first-order chi connectivity index (χ1) is 10.6. The van der Waals surface area contributed by atoms with E-state index in [4.69, 9.17) is 0 Å². The first-order valence-corrected chi connectivity index (χ1v) is 7.26. The Morgan fingerprint density at radius 2 is 2.09 bits per heavy atom. The van der Waals surface area contributed by atoms with Crippen molar-refractivity contribution in [2.45, 2.75) is 17.0 Å². The van der Waals surface area contributed by atoms with Gasteiger partial charge in [0.2, 0.25) is 0 Å². The average Bonchev–Trinajstić information content (AvgIpc) is 2.88. The number of non-ortho nitro benzene ring substituents is 1. The minimum atomic E-state index is -0.522. The van der Waals surface area contributed by atoms with Crippen molar-refractivity contribution in [3.05, 3.63) is 57.6 Å². The Morgan fingerprint density at radius 1 is 1.27 bits per heavy atom. The van der Waals surface area contributed by atoms with Gasteiger partial charge in [0, 0.05) is 22.6 Å². The van der Waals surface area contributed by atoms with E-state index >= 15 is 0 Å². The van der Waals surface area contributed by atoms with Crippen molar-refractivity contribution < 1.29 is 9.72 Å². The first-order valence-electron chi connectivity index (χ1n) is 6.44. The van der Waals surface area contributed by atoms with Crippen LogP contribution in [0.2, 0.25) is 0 Å². The van der Waals surface area contributed by atoms with E-state index in [9.17, 15) is 14.9 Å². The summed E-state index contributed by atoms with van der Waals surface area (Å²) in [6.45, 7) is 1.99. The lowest BCUT2D eigenvalue weighted by Crippen LogP contribution is -1.92. The molecule has 3 rings (SSSR count). The van der Waals surface area contributed by atoms with Crippen LogP contribution in [0.15, 0.2) is 46.5 Å². The highest BCUT2D eigenvalue weighted by atomic mass is 32.2. The highest BCUT2D eigenvalue weighted by Gasteiger charge is 2.13. The maximum absolute atomic E-state index is 11.1. The molecule has 1 heterocycles. The Balaban J connectivity index is 1.97. The Hall–Kier alpha value is -2.67. The molecule has 0 bridgehead atoms. The van der Waals surface area contributed by atoms with Crippen molar-refractivity contribution in [1.29, 1.82) is 0 Å². The minimum absolute atomic E-state index is 0.105. The monoisotopic (exact) mass is 313 g/mol. The lowest BCUT2D eigenvalue weighted by Gasteiger charge is -2.01. The maximum atomic E-state index is 11.1. The summed E-state index contributed by atoms with van der Waals surface area (Å²) in [7, 11) is 0. The van der Waals surface area contributed by atoms with Crippen LogP contribution in [0.25, 0.3) is 11.0 Å². The fourth-order valence-electron chi connectivity index (χ4n) is 2.09. The number of nitro benzene ring substituents is 1. The van der Waals surface area contributed by atoms with Crippen molar-refractivity contribution in [3.8, 4) is 0 Å². The van der Waals surface area contributed by atoms with E-state index < -0.39 is 4.92 Å². The van der Waals surface area contributed by atoms with Gasteiger partial charge in [-0.15, -0.1) is 0 Å². The number of nitro groups is 1. The summed E-state index contributed by atoms with van der Waals surface area (Å²) in [6.07, 6.45) is 0.613. The van der Waals surface area contributed by atoms with Gasteiger partial charge < -0.3 is 4.98 Å². The Morgan fingerprint density at radius 3 is 2.82 bits per heavy atom. The number of rotatable bonds is 4. The lowest BCUT2D eigenvalue weighted by molar-refractivity contribution is -0.384. The number of aromatic amines is 1. The summed E-state index contributed by atoms with van der Waals surface area (Å²) in [4.78, 5) is 29.6. The molecule has 0 aliphatic carbocycles. The number of nitrogens with one attached hydrogen (secondary N) is 1. The molecule has 0 radical (unpaired) electrons. The molecule has 22 heavy (non-hydrogen) atoms. The highest BCUT2D eigenvalue weighted by molar-refractivity contribution is 7.99. The maximum Gasteiger partial charge on any atom is 0.270 e. The highest BCUT2D eigenvalue weighted by Crippen LogP contribution is 2.31. The minimum Gasteiger partial charge on any atom is -0.333 e. The Kier molecular flexibility index (Phi) is 3.64. The van der Waals surface area contributed by atoms with Crippen LogP contribution >= 0.6 is 11.8 Å². The van der Waals surface area contributed by atoms with E-state index in [-0.39, 0.29) is 11.3 Å². The van der Waals surface area contributed by atoms with Crippen molar-refractivity contribution in [2.24, 2.45) is 0 Å². The number of fused-ring (bicyclic) bond motifs is 1. The number of hydrogen-bond donors (Lipinski definition) is 1. The molecule has 3 aromatic rings. The molecular weight excluding hydrogens is 302 g/mol. The summed E-state index contributed by atoms with van der Waals surface area (Å²) < 4.78 is 0. The van der Waals surface area contributed by atoms with Gasteiger partial charge in [-0.1, -0.05) is 17.8 Å². The standard InChI is InChI=1S/C15H11N3O3S/c1-9-2-4-12-13(6-9)17-15(16-12)22-14-5-3-11(18(20)21)7-10(14)8-19/h2-8H,1H3,(H,16,17). The number of H-pyrrole nitrogens is 1. The quantitative estimate of drug-likeness (QED) is 0.450. The summed E-state index contributed by atoms with van der Waals surface area (Å²) in [5, 5.41) is 11.4. The molecule has 1 aromatic heterocycles. The molecule has 0 aliphatic heterocycles. The second-order valence-corrected chi connectivity index (χ2v) is 5.79. The SMILES string of the molecule is Cc1ccc2nc(Sc3ccc([N+](=O)[O-])cc3C=O)[nH]c2c1. The van der Waals surface area contributed by atoms with Crippen LogP contribution in [0.3, 0.4) is 0 Å². The van der Waals surface area contributed by atoms with Gasteiger partial charge in [0.1, 0.15) is 0 Å². The molecule has 0 atom stereocenters. The van der Waals surface area contributed by atoms with Crippen LogP contribution in [-0.4, -0.2) is 21.2 Å². The van der Waals surface area contributed by atoms with E-state index in [1.165, 1.54) is 23.9 Å². The van der Waals surface area contributed by atoms with Crippen LogP contribution in [0.1, 0.15) is 15.9 Å². The predicted molar refractivity (Wildman–Crippen MR) is 83.4 cm³/mol. The van der Waals surface area contributed by atoms with Gasteiger partial charge >= 0.3 is 0 Å². The molecule has 0 spiro atoms. The number of nitrogens with zero attached hydrogens (tertiary/aromatic N) is 2. The second kappa shape index (κ2) is 5.61. The molecule has 2 aromatic carbocycles. The number of carbonyl (C=O) groups is 1. The molecule has 7 heteroatoms. The largest absolute Gasteiger partial charge is 0.333 e. The van der Waals surface area contributed by atoms with Gasteiger partial charge in [-0.2, -0.15) is 0 Å². The summed E-state index contributed by atoms with van der Waals surface area (Å²) >= 11 is 1.27. The summed E-state index contributed by atoms with van der Waals surface area (Å²) in [5.41, 5.74) is 3.04. The molecule has 6 nitrogen and oxygen atoms in total. The predicted octanol–water partition coefficient (Wildman–Crippen LogP) is 3.74. The van der Waals surface area contributed by atoms with Crippen LogP contribution < -0.4 is 0 Å². The van der Waals surface area contributed by atoms with Crippen molar-refractivity contribution >= 4 is 34.8 Å². The number of aldehydes is 1. The van der Waals surface area contributed by atoms with Crippen LogP contribution in [0, 0.1) is 17.0 Å². The molecule has 0 fully saturated rings. The average molecular weight is 313 g/mol. The zero-order chi connectivity index (χ0) is 15.7. The van der Waals surface area contributed by atoms with Crippen molar-refractivity contribution in [2.75, 3.05) is 0 Å². The fourth-order valence-corrected chi connectivity index (χ4v) is 2.96. The van der Waals surface area contributed by atoms with Gasteiger partial charge in [0.15, 0.2) is 11.4 Å². The van der Waals surface area contributed by atoms with Crippen molar-refractivity contribution in [3.63, 3.8) is 0 Å². The molecular formula is C15H11N3O3S. The molecule has 0 unspecified atom stereocenters. The van der Waals surface area contributed by atoms with Gasteiger partial charge in [0.05, 0.1) is 16.0 Å². The van der Waals surface area contributed by atoms with Gasteiger partial charge in [-0.05, 0) is 30.7 Å². The molecule has 0 saturated carbocycles. The van der Waals surface area contributed by atoms with E-state index in [1.54, 1.807) is 6.07 Å². The molecule has 0 amide bonds. The molecule has 1 N–H and O–H groups in total. The smallest absolute Gasteiger partial charge is 0.270 e. The molecule has 0 saturated heterocycles. The summed E-state index contributed by atoms with van der Waals surface area (Å²) in [5.74, 6) is 0. The van der Waals surface area contributed by atoms with E-state index in [0.29, 0.717) is 16.3 Å². The number of imidazole rings is 1. The topological polar surface area (TPSA) is 88.9 Å². The van der Waals surface area contributed by atoms with Crippen LogP contribution in [-0.2, 0) is 0 Å². The van der Waals surface area contributed by atoms with E-state index in [1.807, 2.05) is 25.1 Å². The van der Waals surface area contributed by atoms with Crippen LogP contribution in [0.4, 0.5) is 5.69 Å². The lowest BCUT2D eigenvalue weighted by atomic mass is 10.2. The zero-order valence-electron chi connectivity index (χ0n) is 11.6. The van der Waals surface area contributed by atoms with Gasteiger partial charge in [0.25, 0.3) is 5.69 Å². The normalized spacial score (nSPS) is 10.8. The number of aryl methyl sites for hydroxylation is 1. The fraction of sp³-hybridized carbons (Fsp3) is 0.0667. The number of hydrogen-bond acceptors (Lipinski definition) is 5. The second-order valence-electron chi connectivity index (χ2n) is 4.76. The summed E-state index contributed by atoms with van der Waals surface area (Å²) in [6, 6.07) is 10.1. The number of aromatic nitrogens is 2. The zero-order valence-corrected chi connectivity index (χ0v) is 12.4. The van der Waals surface area contributed by atoms with Crippen LogP contribution in [0.5, 0.6) is 0 Å². The molecule has 0 aliphatic rings. The van der Waals surface area contributed by atoms with Gasteiger partial charge in [-0.3, -0.25) is 14.9 Å². The third kappa shape index (κ3) is 2.71.